The van der Waals surface area contributed by atoms with Crippen LogP contribution in [0, 0.1) is 18.6 Å². The van der Waals surface area contributed by atoms with E-state index in [4.69, 9.17) is 11.6 Å². The molecular weight excluding hydrogens is 292 g/mol. The number of benzene rings is 2. The first kappa shape index (κ1) is 15.9. The average Bonchev–Trinajstić information content (AvgIpc) is 2.45. The topological polar surface area (TPSA) is 12.0 Å². The number of hydrogen-bond acceptors (Lipinski definition) is 1. The summed E-state index contributed by atoms with van der Waals surface area (Å²) in [5, 5.41) is 3.65. The Morgan fingerprint density at radius 1 is 1.14 bits per heavy atom. The van der Waals surface area contributed by atoms with Crippen LogP contribution in [0.2, 0.25) is 5.02 Å². The first-order valence-corrected chi connectivity index (χ1v) is 7.35. The van der Waals surface area contributed by atoms with E-state index in [9.17, 15) is 8.78 Å². The predicted octanol–water partition coefficient (Wildman–Crippen LogP) is 5.02. The summed E-state index contributed by atoms with van der Waals surface area (Å²) in [6.07, 6.45) is 0.906. The van der Waals surface area contributed by atoms with Gasteiger partial charge in [0.05, 0.1) is 6.04 Å². The van der Waals surface area contributed by atoms with Crippen molar-refractivity contribution in [3.63, 3.8) is 0 Å². The molecule has 0 fully saturated rings. The van der Waals surface area contributed by atoms with E-state index in [1.54, 1.807) is 31.2 Å². The van der Waals surface area contributed by atoms with Crippen LogP contribution in [-0.4, -0.2) is 6.54 Å². The first-order chi connectivity index (χ1) is 10.0. The Hall–Kier alpha value is -1.45. The minimum absolute atomic E-state index is 0.271. The van der Waals surface area contributed by atoms with Gasteiger partial charge in [-0.05, 0) is 49.2 Å². The van der Waals surface area contributed by atoms with Crippen molar-refractivity contribution in [2.75, 3.05) is 6.54 Å². The Morgan fingerprint density at radius 3 is 2.52 bits per heavy atom. The zero-order valence-electron chi connectivity index (χ0n) is 12.1. The van der Waals surface area contributed by atoms with Crippen LogP contribution >= 0.6 is 11.6 Å². The van der Waals surface area contributed by atoms with Crippen molar-refractivity contribution in [3.8, 4) is 0 Å². The highest BCUT2D eigenvalue weighted by Crippen LogP contribution is 2.31. The van der Waals surface area contributed by atoms with Crippen LogP contribution < -0.4 is 5.32 Å². The summed E-state index contributed by atoms with van der Waals surface area (Å²) in [6.45, 7) is 4.44. The molecule has 0 amide bonds. The molecule has 112 valence electrons. The van der Waals surface area contributed by atoms with Gasteiger partial charge in [-0.2, -0.15) is 0 Å². The number of rotatable bonds is 5. The highest BCUT2D eigenvalue weighted by molar-refractivity contribution is 6.31. The van der Waals surface area contributed by atoms with Gasteiger partial charge >= 0.3 is 0 Å². The van der Waals surface area contributed by atoms with E-state index in [1.807, 2.05) is 6.92 Å². The zero-order valence-corrected chi connectivity index (χ0v) is 12.8. The average molecular weight is 310 g/mol. The second kappa shape index (κ2) is 7.01. The molecule has 0 heterocycles. The van der Waals surface area contributed by atoms with E-state index in [0.29, 0.717) is 22.7 Å². The van der Waals surface area contributed by atoms with Crippen molar-refractivity contribution >= 4 is 11.6 Å². The molecule has 21 heavy (non-hydrogen) atoms. The summed E-state index contributed by atoms with van der Waals surface area (Å²) in [5.41, 5.74) is 1.73. The van der Waals surface area contributed by atoms with Crippen molar-refractivity contribution in [2.24, 2.45) is 0 Å². The molecule has 0 saturated carbocycles. The highest BCUT2D eigenvalue weighted by Gasteiger charge is 2.20. The van der Waals surface area contributed by atoms with Crippen LogP contribution in [0.3, 0.4) is 0 Å². The monoisotopic (exact) mass is 309 g/mol. The molecule has 0 aromatic heterocycles. The maximum atomic E-state index is 14.2. The summed E-state index contributed by atoms with van der Waals surface area (Å²) in [5.74, 6) is -0.634. The minimum Gasteiger partial charge on any atom is -0.306 e. The lowest BCUT2D eigenvalue weighted by atomic mass is 9.96. The Labute approximate surface area is 128 Å². The first-order valence-electron chi connectivity index (χ1n) is 6.98. The van der Waals surface area contributed by atoms with E-state index in [2.05, 4.69) is 5.32 Å². The van der Waals surface area contributed by atoms with Crippen LogP contribution in [-0.2, 0) is 0 Å². The summed E-state index contributed by atoms with van der Waals surface area (Å²) >= 11 is 6.17. The van der Waals surface area contributed by atoms with Gasteiger partial charge in [0.1, 0.15) is 11.6 Å². The van der Waals surface area contributed by atoms with Crippen LogP contribution in [0.4, 0.5) is 8.78 Å². The van der Waals surface area contributed by atoms with E-state index in [0.717, 1.165) is 12.0 Å². The molecule has 2 aromatic rings. The fraction of sp³-hybridized carbons (Fsp3) is 0.294. The number of halogens is 3. The Morgan fingerprint density at radius 2 is 1.90 bits per heavy atom. The van der Waals surface area contributed by atoms with Gasteiger partial charge in [0, 0.05) is 10.6 Å². The van der Waals surface area contributed by atoms with E-state index in [1.165, 1.54) is 12.1 Å². The van der Waals surface area contributed by atoms with Gasteiger partial charge in [0.25, 0.3) is 0 Å². The van der Waals surface area contributed by atoms with Crippen LogP contribution in [0.5, 0.6) is 0 Å². The third-order valence-electron chi connectivity index (χ3n) is 3.40. The van der Waals surface area contributed by atoms with Gasteiger partial charge in [-0.25, -0.2) is 8.78 Å². The number of hydrogen-bond donors (Lipinski definition) is 1. The molecule has 2 aromatic carbocycles. The van der Waals surface area contributed by atoms with Gasteiger partial charge < -0.3 is 5.32 Å². The Bertz CT molecular complexity index is 608. The van der Waals surface area contributed by atoms with Crippen LogP contribution in [0.25, 0.3) is 0 Å². The SMILES string of the molecule is CCCNC(c1ccc(F)c(C)c1)c1c(F)cccc1Cl. The predicted molar refractivity (Wildman–Crippen MR) is 82.7 cm³/mol. The Kier molecular flexibility index (Phi) is 5.32. The van der Waals surface area contributed by atoms with Crippen molar-refractivity contribution in [1.82, 2.24) is 5.32 Å². The normalized spacial score (nSPS) is 12.4. The maximum absolute atomic E-state index is 14.2. The summed E-state index contributed by atoms with van der Waals surface area (Å²) in [7, 11) is 0. The quantitative estimate of drug-likeness (QED) is 0.818. The molecule has 1 atom stereocenters. The van der Waals surface area contributed by atoms with Crippen molar-refractivity contribution < 1.29 is 8.78 Å². The van der Waals surface area contributed by atoms with Gasteiger partial charge in [-0.3, -0.25) is 0 Å². The lowest BCUT2D eigenvalue weighted by Gasteiger charge is -2.22. The van der Waals surface area contributed by atoms with E-state index >= 15 is 0 Å². The van der Waals surface area contributed by atoms with Gasteiger partial charge in [-0.1, -0.05) is 36.7 Å². The van der Waals surface area contributed by atoms with Crippen molar-refractivity contribution in [3.05, 3.63) is 69.7 Å². The summed E-state index contributed by atoms with van der Waals surface area (Å²) in [4.78, 5) is 0. The maximum Gasteiger partial charge on any atom is 0.129 e. The minimum atomic E-state index is -0.391. The number of aryl methyl sites for hydroxylation is 1. The molecule has 0 saturated heterocycles. The molecule has 0 spiro atoms. The molecule has 1 nitrogen and oxygen atoms in total. The van der Waals surface area contributed by atoms with Crippen LogP contribution in [0.1, 0.15) is 36.1 Å². The zero-order chi connectivity index (χ0) is 15.4. The molecule has 1 unspecified atom stereocenters. The number of nitrogens with one attached hydrogen (secondary N) is 1. The van der Waals surface area contributed by atoms with Gasteiger partial charge in [-0.15, -0.1) is 0 Å². The molecule has 2 rings (SSSR count). The third-order valence-corrected chi connectivity index (χ3v) is 3.73. The third kappa shape index (κ3) is 3.60. The largest absolute Gasteiger partial charge is 0.306 e. The molecular formula is C17H18ClF2N. The smallest absolute Gasteiger partial charge is 0.129 e. The van der Waals surface area contributed by atoms with Crippen LogP contribution in [0.15, 0.2) is 36.4 Å². The second-order valence-electron chi connectivity index (χ2n) is 5.03. The standard InChI is InChI=1S/C17H18ClF2N/c1-3-9-21-17(12-7-8-14(19)11(2)10-12)16-13(18)5-4-6-15(16)20/h4-8,10,17,21H,3,9H2,1-2H3. The summed E-state index contributed by atoms with van der Waals surface area (Å²) < 4.78 is 27.6. The molecule has 4 heteroatoms. The second-order valence-corrected chi connectivity index (χ2v) is 5.44. The fourth-order valence-corrected chi connectivity index (χ4v) is 2.58. The fourth-order valence-electron chi connectivity index (χ4n) is 2.31. The highest BCUT2D eigenvalue weighted by atomic mass is 35.5. The molecule has 0 aliphatic heterocycles. The molecule has 0 bridgehead atoms. The lowest BCUT2D eigenvalue weighted by molar-refractivity contribution is 0.545. The lowest BCUT2D eigenvalue weighted by Crippen LogP contribution is -2.24. The Balaban J connectivity index is 2.49. The van der Waals surface area contributed by atoms with Crippen molar-refractivity contribution in [2.45, 2.75) is 26.3 Å². The van der Waals surface area contributed by atoms with E-state index < -0.39 is 6.04 Å². The summed E-state index contributed by atoms with van der Waals surface area (Å²) in [6, 6.07) is 9.03. The van der Waals surface area contributed by atoms with Gasteiger partial charge in [0.15, 0.2) is 0 Å². The van der Waals surface area contributed by atoms with Gasteiger partial charge in [0.2, 0.25) is 0 Å². The van der Waals surface area contributed by atoms with E-state index in [-0.39, 0.29) is 11.6 Å². The molecule has 1 N–H and O–H groups in total. The molecule has 0 radical (unpaired) electrons. The van der Waals surface area contributed by atoms with Crippen molar-refractivity contribution in [1.29, 1.82) is 0 Å². The molecule has 0 aliphatic carbocycles. The molecule has 0 aliphatic rings.